The maximum absolute atomic E-state index is 13.5. The fraction of sp³-hybridized carbons (Fsp3) is 0.761. The predicted octanol–water partition coefficient (Wildman–Crippen LogP) is 19.1. The second-order valence-electron chi connectivity index (χ2n) is 22.5. The Balaban J connectivity index is 5.21. The Hall–Kier alpha value is -2.81. The molecule has 0 saturated heterocycles. The van der Waals surface area contributed by atoms with E-state index < -0.39 is 26.6 Å². The summed E-state index contributed by atoms with van der Waals surface area (Å²) < 4.78 is 30.3. The zero-order valence-electron chi connectivity index (χ0n) is 50.9. The third-order valence-electron chi connectivity index (χ3n) is 13.8. The number of rotatable bonds is 57. The highest BCUT2D eigenvalue weighted by Crippen LogP contribution is 2.38. The van der Waals surface area contributed by atoms with Gasteiger partial charge in [-0.15, -0.1) is 0 Å². The molecule has 0 radical (unpaired) electrons. The van der Waals surface area contributed by atoms with Crippen LogP contribution in [0.1, 0.15) is 278 Å². The lowest BCUT2D eigenvalue weighted by atomic mass is 10.0. The number of nitrogens with one attached hydrogen (secondary N) is 1. The number of unbranched alkanes of at least 4 members (excludes halogenated alkanes) is 29. The van der Waals surface area contributed by atoms with Crippen LogP contribution in [0.4, 0.5) is 0 Å². The molecule has 0 aliphatic rings. The minimum atomic E-state index is -4.71. The molecule has 3 atom stereocenters. The second kappa shape index (κ2) is 56.5. The number of carbonyl (C=O) groups is 2. The van der Waals surface area contributed by atoms with E-state index in [4.69, 9.17) is 13.8 Å². The van der Waals surface area contributed by atoms with Crippen LogP contribution >= 0.6 is 7.82 Å². The monoisotopic (exact) mass is 1100 g/mol. The lowest BCUT2D eigenvalue weighted by Crippen LogP contribution is -2.47. The summed E-state index contributed by atoms with van der Waals surface area (Å²) in [5.74, 6) is -0.577. The Morgan fingerprint density at radius 1 is 0.468 bits per heavy atom. The molecule has 1 amide bonds. The van der Waals surface area contributed by atoms with Crippen molar-refractivity contribution in [3.05, 3.63) is 85.1 Å². The molecule has 0 bridgehead atoms. The van der Waals surface area contributed by atoms with E-state index in [1.807, 2.05) is 33.3 Å². The van der Waals surface area contributed by atoms with Gasteiger partial charge in [0.2, 0.25) is 5.91 Å². The lowest BCUT2D eigenvalue weighted by Gasteiger charge is -2.30. The number of likely N-dealkylation sites (N-methyl/N-ethyl adjacent to an activating group) is 1. The molecule has 9 nitrogen and oxygen atoms in total. The van der Waals surface area contributed by atoms with E-state index in [2.05, 4.69) is 99.0 Å². The van der Waals surface area contributed by atoms with Crippen LogP contribution in [0.15, 0.2) is 85.1 Å². The average Bonchev–Trinajstić information content (AvgIpc) is 3.39. The van der Waals surface area contributed by atoms with Gasteiger partial charge in [0.15, 0.2) is 0 Å². The van der Waals surface area contributed by atoms with Gasteiger partial charge in [-0.3, -0.25) is 14.2 Å². The Morgan fingerprint density at radius 3 is 1.29 bits per heavy atom. The quantitative estimate of drug-likeness (QED) is 0.0212. The van der Waals surface area contributed by atoms with E-state index in [1.54, 1.807) is 0 Å². The van der Waals surface area contributed by atoms with Gasteiger partial charge < -0.3 is 28.5 Å². The fourth-order valence-electron chi connectivity index (χ4n) is 8.90. The van der Waals surface area contributed by atoms with E-state index in [1.165, 1.54) is 148 Å². The number of phosphoric acid groups is 1. The molecule has 1 N–H and O–H groups in total. The molecular formula is C67H121N2O7P. The highest BCUT2D eigenvalue weighted by Gasteiger charge is 2.27. The van der Waals surface area contributed by atoms with Crippen LogP contribution in [0.2, 0.25) is 0 Å². The third kappa shape index (κ3) is 57.7. The lowest BCUT2D eigenvalue weighted by molar-refractivity contribution is -0.870. The molecule has 0 aliphatic heterocycles. The van der Waals surface area contributed by atoms with Gasteiger partial charge in [0.1, 0.15) is 19.3 Å². The van der Waals surface area contributed by atoms with E-state index in [0.717, 1.165) is 89.9 Å². The molecule has 0 rings (SSSR count). The zero-order chi connectivity index (χ0) is 56.4. The van der Waals surface area contributed by atoms with Crippen LogP contribution in [0.25, 0.3) is 0 Å². The Morgan fingerprint density at radius 2 is 0.831 bits per heavy atom. The summed E-state index contributed by atoms with van der Waals surface area (Å²) in [7, 11) is 1.16. The van der Waals surface area contributed by atoms with Crippen molar-refractivity contribution in [2.45, 2.75) is 290 Å². The van der Waals surface area contributed by atoms with E-state index >= 15 is 0 Å². The first-order valence-electron chi connectivity index (χ1n) is 31.9. The molecule has 0 fully saturated rings. The Labute approximate surface area is 476 Å². The van der Waals surface area contributed by atoms with Crippen LogP contribution in [-0.2, 0) is 27.9 Å². The van der Waals surface area contributed by atoms with Crippen molar-refractivity contribution in [3.63, 3.8) is 0 Å². The van der Waals surface area contributed by atoms with Crippen LogP contribution in [0.5, 0.6) is 0 Å². The number of carbonyl (C=O) groups excluding carboxylic acids is 2. The number of hydrogen-bond donors (Lipinski definition) is 1. The van der Waals surface area contributed by atoms with Gasteiger partial charge in [-0.05, 0) is 102 Å². The summed E-state index contributed by atoms with van der Waals surface area (Å²) in [6.07, 6.45) is 74.1. The van der Waals surface area contributed by atoms with Crippen LogP contribution in [-0.4, -0.2) is 69.4 Å². The summed E-state index contributed by atoms with van der Waals surface area (Å²) in [6, 6.07) is -0.908. The molecule has 0 heterocycles. The number of allylic oxidation sites excluding steroid dienone is 13. The smallest absolute Gasteiger partial charge is 0.306 e. The molecule has 10 heteroatoms. The van der Waals surface area contributed by atoms with E-state index in [-0.39, 0.29) is 31.3 Å². The number of hydrogen-bond acceptors (Lipinski definition) is 7. The molecule has 0 aliphatic carbocycles. The van der Waals surface area contributed by atoms with Gasteiger partial charge in [-0.25, -0.2) is 0 Å². The Bertz CT molecular complexity index is 1590. The van der Waals surface area contributed by atoms with Crippen molar-refractivity contribution in [2.24, 2.45) is 0 Å². The maximum atomic E-state index is 13.5. The number of amides is 1. The summed E-state index contributed by atoms with van der Waals surface area (Å²) in [5, 5.41) is 3.01. The first-order chi connectivity index (χ1) is 37.4. The van der Waals surface area contributed by atoms with Crippen molar-refractivity contribution < 1.29 is 37.3 Å². The first kappa shape index (κ1) is 74.2. The normalized spacial score (nSPS) is 14.2. The number of quaternary nitrogens is 1. The second-order valence-corrected chi connectivity index (χ2v) is 23.9. The molecule has 0 aromatic carbocycles. The van der Waals surface area contributed by atoms with Gasteiger partial charge in [-0.2, -0.15) is 0 Å². The molecular weight excluding hydrogens is 976 g/mol. The van der Waals surface area contributed by atoms with Gasteiger partial charge in [-0.1, -0.05) is 247 Å². The summed E-state index contributed by atoms with van der Waals surface area (Å²) in [4.78, 5) is 40.0. The minimum Gasteiger partial charge on any atom is -0.756 e. The van der Waals surface area contributed by atoms with E-state index in [0.29, 0.717) is 17.4 Å². The molecule has 446 valence electrons. The number of esters is 1. The third-order valence-corrected chi connectivity index (χ3v) is 14.8. The van der Waals surface area contributed by atoms with Crippen LogP contribution < -0.4 is 10.2 Å². The van der Waals surface area contributed by atoms with Gasteiger partial charge in [0.25, 0.3) is 7.82 Å². The molecule has 0 aromatic heterocycles. The van der Waals surface area contributed by atoms with Crippen LogP contribution in [0.3, 0.4) is 0 Å². The fourth-order valence-corrected chi connectivity index (χ4v) is 9.62. The molecule has 3 unspecified atom stereocenters. The zero-order valence-corrected chi connectivity index (χ0v) is 51.8. The summed E-state index contributed by atoms with van der Waals surface area (Å²) in [5.41, 5.74) is 0. The molecule has 0 spiro atoms. The SMILES string of the molecule is CC/C=C/C/C=C/C/C=C/C/C=C/CCCCCC(=O)NC(COP(=O)([O-])OCC[N+](C)(C)C)C(/C=C\CCCCCCCCCCCC)OC(=O)CCCCCCCCCCCCCCC/C=C\C/C=C\CCCCC. The highest BCUT2D eigenvalue weighted by molar-refractivity contribution is 7.45. The number of nitrogens with zero attached hydrogens (tertiary/aromatic N) is 1. The Kier molecular flexibility index (Phi) is 54.4. The van der Waals surface area contributed by atoms with Crippen molar-refractivity contribution in [1.82, 2.24) is 5.32 Å². The topological polar surface area (TPSA) is 114 Å². The maximum Gasteiger partial charge on any atom is 0.306 e. The average molecular weight is 1100 g/mol. The molecule has 77 heavy (non-hydrogen) atoms. The van der Waals surface area contributed by atoms with Crippen molar-refractivity contribution >= 4 is 19.7 Å². The van der Waals surface area contributed by atoms with Gasteiger partial charge >= 0.3 is 5.97 Å². The highest BCUT2D eigenvalue weighted by atomic mass is 31.2. The molecule has 0 aromatic rings. The predicted molar refractivity (Wildman–Crippen MR) is 330 cm³/mol. The van der Waals surface area contributed by atoms with Crippen molar-refractivity contribution in [2.75, 3.05) is 40.9 Å². The van der Waals surface area contributed by atoms with Crippen molar-refractivity contribution in [1.29, 1.82) is 0 Å². The van der Waals surface area contributed by atoms with Crippen LogP contribution in [0, 0.1) is 0 Å². The van der Waals surface area contributed by atoms with Crippen molar-refractivity contribution in [3.8, 4) is 0 Å². The minimum absolute atomic E-state index is 0.0316. The largest absolute Gasteiger partial charge is 0.756 e. The molecule has 0 saturated carbocycles. The van der Waals surface area contributed by atoms with Gasteiger partial charge in [0, 0.05) is 12.8 Å². The number of phosphoric ester groups is 1. The first-order valence-corrected chi connectivity index (χ1v) is 33.4. The summed E-state index contributed by atoms with van der Waals surface area (Å²) >= 11 is 0. The van der Waals surface area contributed by atoms with E-state index in [9.17, 15) is 19.0 Å². The summed E-state index contributed by atoms with van der Waals surface area (Å²) in [6.45, 7) is 6.68. The van der Waals surface area contributed by atoms with Gasteiger partial charge in [0.05, 0.1) is 33.8 Å². The standard InChI is InChI=1S/C67H121N2O7P/c1-7-10-13-16-19-22-25-28-30-32-33-34-35-36-37-38-40-42-45-48-51-54-57-60-67(71)76-65(58-55-52-49-46-43-27-24-21-18-15-12-9-3)64(63-75-77(72,73)74-62-61-69(4,5)6)68-66(70)59-56-53-50-47-44-41-39-31-29-26-23-20-17-14-11-8-2/h11,14,19-20,22-23,28-31,41,44,55,58,64-65H,7-10,12-13,15-18,21,24-27,32-40,42-43,45-54,56-57,59-63H2,1-6H3,(H-,68,70,72,73)/b14-11+,22-19-,23-20+,30-28-,31-29+,44-41+,58-55-. The number of ether oxygens (including phenoxy) is 1.